The Bertz CT molecular complexity index is 510. The van der Waals surface area contributed by atoms with Crippen LogP contribution in [0.2, 0.25) is 0 Å². The zero-order valence-corrected chi connectivity index (χ0v) is 11.1. The summed E-state index contributed by atoms with van der Waals surface area (Å²) in [6.45, 7) is 0.881. The smallest absolute Gasteiger partial charge is 0.344 e. The van der Waals surface area contributed by atoms with Crippen LogP contribution in [-0.2, 0) is 4.74 Å². The second-order valence-electron chi connectivity index (χ2n) is 4.90. The molecule has 0 saturated heterocycles. The molecule has 1 atom stereocenters. The Balaban J connectivity index is 1.90. The zero-order chi connectivity index (χ0) is 13.4. The molecule has 1 saturated carbocycles. The van der Waals surface area contributed by atoms with Crippen molar-refractivity contribution in [3.8, 4) is 11.5 Å². The summed E-state index contributed by atoms with van der Waals surface area (Å²) >= 11 is 0. The van der Waals surface area contributed by atoms with Crippen LogP contribution in [0.1, 0.15) is 35.0 Å². The van der Waals surface area contributed by atoms with Crippen LogP contribution in [0.15, 0.2) is 12.1 Å². The summed E-state index contributed by atoms with van der Waals surface area (Å²) in [5.41, 5.74) is 1.29. The third-order valence-corrected chi connectivity index (χ3v) is 3.58. The third kappa shape index (κ3) is 2.14. The first-order valence-corrected chi connectivity index (χ1v) is 6.44. The number of benzene rings is 1. The topological polar surface area (TPSA) is 56.8 Å². The molecular formula is C14H17NO4. The first-order valence-electron chi connectivity index (χ1n) is 6.44. The van der Waals surface area contributed by atoms with Crippen LogP contribution in [0.4, 0.5) is 0 Å². The van der Waals surface area contributed by atoms with Crippen LogP contribution >= 0.6 is 0 Å². The summed E-state index contributed by atoms with van der Waals surface area (Å²) in [7, 11) is 3.07. The van der Waals surface area contributed by atoms with E-state index in [1.54, 1.807) is 13.2 Å². The summed E-state index contributed by atoms with van der Waals surface area (Å²) in [5, 5.41) is 3.28. The largest absolute Gasteiger partial charge is 0.493 e. The predicted molar refractivity (Wildman–Crippen MR) is 68.4 cm³/mol. The van der Waals surface area contributed by atoms with Gasteiger partial charge in [-0.15, -0.1) is 0 Å². The maximum atomic E-state index is 12.0. The molecule has 0 spiro atoms. The van der Waals surface area contributed by atoms with E-state index in [1.165, 1.54) is 20.0 Å². The van der Waals surface area contributed by atoms with E-state index in [9.17, 15) is 4.79 Å². The number of ether oxygens (including phenoxy) is 3. The fourth-order valence-corrected chi connectivity index (χ4v) is 2.35. The van der Waals surface area contributed by atoms with Crippen LogP contribution in [0.3, 0.4) is 0 Å². The molecular weight excluding hydrogens is 246 g/mol. The number of nitrogens with one attached hydrogen (secondary N) is 1. The highest BCUT2D eigenvalue weighted by Crippen LogP contribution is 2.41. The summed E-state index contributed by atoms with van der Waals surface area (Å²) in [5.74, 6) is 1.35. The monoisotopic (exact) mass is 263 g/mol. The summed E-state index contributed by atoms with van der Waals surface area (Å²) in [4.78, 5) is 12.0. The third-order valence-electron chi connectivity index (χ3n) is 3.58. The van der Waals surface area contributed by atoms with Crippen molar-refractivity contribution in [1.29, 1.82) is 0 Å². The minimum Gasteiger partial charge on any atom is -0.493 e. The minimum absolute atomic E-state index is 0.362. The number of hydrogen-bond donors (Lipinski definition) is 1. The molecule has 0 amide bonds. The van der Waals surface area contributed by atoms with Gasteiger partial charge in [0.05, 0.1) is 14.2 Å². The average Bonchev–Trinajstić information content (AvgIpc) is 3.20. The van der Waals surface area contributed by atoms with Crippen molar-refractivity contribution in [2.75, 3.05) is 20.8 Å². The zero-order valence-electron chi connectivity index (χ0n) is 11.1. The van der Waals surface area contributed by atoms with Crippen LogP contribution in [0.5, 0.6) is 11.5 Å². The summed E-state index contributed by atoms with van der Waals surface area (Å²) < 4.78 is 15.8. The first-order chi connectivity index (χ1) is 9.24. The minimum atomic E-state index is -0.372. The fraction of sp³-hybridized carbons (Fsp3) is 0.500. The first kappa shape index (κ1) is 12.3. The molecule has 1 heterocycles. The molecule has 1 aromatic rings. The van der Waals surface area contributed by atoms with Gasteiger partial charge >= 0.3 is 5.97 Å². The lowest BCUT2D eigenvalue weighted by Gasteiger charge is -2.13. The quantitative estimate of drug-likeness (QED) is 0.822. The number of carbonyl (C=O) groups is 1. The lowest BCUT2D eigenvalue weighted by molar-refractivity contribution is 0.0305. The number of carbonyl (C=O) groups excluding carboxylic acids is 1. The predicted octanol–water partition coefficient (Wildman–Crippen LogP) is 1.87. The number of cyclic esters (lactones) is 1. The highest BCUT2D eigenvalue weighted by molar-refractivity contribution is 5.98. The van der Waals surface area contributed by atoms with E-state index in [0.717, 1.165) is 18.0 Å². The molecule has 1 unspecified atom stereocenters. The van der Waals surface area contributed by atoms with Gasteiger partial charge in [-0.2, -0.15) is 0 Å². The van der Waals surface area contributed by atoms with Crippen molar-refractivity contribution >= 4 is 5.97 Å². The molecule has 102 valence electrons. The Kier molecular flexibility index (Phi) is 3.06. The van der Waals surface area contributed by atoms with Gasteiger partial charge in [-0.25, -0.2) is 4.79 Å². The van der Waals surface area contributed by atoms with Crippen LogP contribution in [0.25, 0.3) is 0 Å². The molecule has 1 N–H and O–H groups in total. The van der Waals surface area contributed by atoms with E-state index in [4.69, 9.17) is 14.2 Å². The van der Waals surface area contributed by atoms with E-state index in [-0.39, 0.29) is 12.2 Å². The molecule has 3 rings (SSSR count). The second kappa shape index (κ2) is 4.74. The summed E-state index contributed by atoms with van der Waals surface area (Å²) in [6, 6.07) is 3.65. The molecule has 0 bridgehead atoms. The molecule has 0 aromatic heterocycles. The van der Waals surface area contributed by atoms with Crippen LogP contribution in [0, 0.1) is 5.92 Å². The SMILES string of the molecule is COc1ccc2c(c1OC)C(=O)OC2NCC1CC1. The molecule has 1 aliphatic carbocycles. The van der Waals surface area contributed by atoms with E-state index in [2.05, 4.69) is 5.32 Å². The van der Waals surface area contributed by atoms with Gasteiger partial charge in [0, 0.05) is 12.1 Å². The lowest BCUT2D eigenvalue weighted by Crippen LogP contribution is -2.23. The molecule has 0 radical (unpaired) electrons. The Hall–Kier alpha value is -1.75. The van der Waals surface area contributed by atoms with Gasteiger partial charge < -0.3 is 14.2 Å². The lowest BCUT2D eigenvalue weighted by atomic mass is 10.1. The van der Waals surface area contributed by atoms with Crippen LogP contribution < -0.4 is 14.8 Å². The van der Waals surface area contributed by atoms with E-state index in [0.29, 0.717) is 17.1 Å². The number of methoxy groups -OCH3 is 2. The molecule has 1 aromatic carbocycles. The normalized spacial score (nSPS) is 20.9. The highest BCUT2D eigenvalue weighted by atomic mass is 16.6. The molecule has 5 nitrogen and oxygen atoms in total. The average molecular weight is 263 g/mol. The number of rotatable bonds is 5. The summed E-state index contributed by atoms with van der Waals surface area (Å²) in [6.07, 6.45) is 2.14. The van der Waals surface area contributed by atoms with Crippen molar-refractivity contribution in [3.05, 3.63) is 23.3 Å². The fourth-order valence-electron chi connectivity index (χ4n) is 2.35. The second-order valence-corrected chi connectivity index (χ2v) is 4.90. The van der Waals surface area contributed by atoms with Gasteiger partial charge in [-0.3, -0.25) is 5.32 Å². The van der Waals surface area contributed by atoms with Gasteiger partial charge in [0.15, 0.2) is 17.7 Å². The van der Waals surface area contributed by atoms with Gasteiger partial charge in [-0.05, 0) is 30.9 Å². The van der Waals surface area contributed by atoms with Gasteiger partial charge in [-0.1, -0.05) is 0 Å². The van der Waals surface area contributed by atoms with Gasteiger partial charge in [0.1, 0.15) is 5.56 Å². The Morgan fingerprint density at radius 2 is 2.11 bits per heavy atom. The van der Waals surface area contributed by atoms with Crippen molar-refractivity contribution in [2.24, 2.45) is 5.92 Å². The maximum absolute atomic E-state index is 12.0. The van der Waals surface area contributed by atoms with E-state index in [1.807, 2.05) is 6.07 Å². The Morgan fingerprint density at radius 3 is 2.74 bits per heavy atom. The molecule has 2 aliphatic rings. The van der Waals surface area contributed by atoms with Crippen molar-refractivity contribution < 1.29 is 19.0 Å². The van der Waals surface area contributed by atoms with Gasteiger partial charge in [0.25, 0.3) is 0 Å². The number of fused-ring (bicyclic) bond motifs is 1. The Morgan fingerprint density at radius 1 is 1.32 bits per heavy atom. The van der Waals surface area contributed by atoms with Crippen molar-refractivity contribution in [3.63, 3.8) is 0 Å². The standard InChI is InChI=1S/C14H17NO4/c1-17-10-6-5-9-11(12(10)18-2)14(16)19-13(9)15-7-8-3-4-8/h5-6,8,13,15H,3-4,7H2,1-2H3. The van der Waals surface area contributed by atoms with Gasteiger partial charge in [0.2, 0.25) is 0 Å². The molecule has 1 fully saturated rings. The number of esters is 1. The maximum Gasteiger partial charge on any atom is 0.344 e. The van der Waals surface area contributed by atoms with Crippen molar-refractivity contribution in [2.45, 2.75) is 19.1 Å². The molecule has 1 aliphatic heterocycles. The van der Waals surface area contributed by atoms with E-state index >= 15 is 0 Å². The van der Waals surface area contributed by atoms with E-state index < -0.39 is 0 Å². The van der Waals surface area contributed by atoms with Crippen LogP contribution in [-0.4, -0.2) is 26.7 Å². The Labute approximate surface area is 111 Å². The number of hydrogen-bond acceptors (Lipinski definition) is 5. The molecule has 5 heteroatoms. The molecule has 19 heavy (non-hydrogen) atoms. The highest BCUT2D eigenvalue weighted by Gasteiger charge is 2.36. The van der Waals surface area contributed by atoms with Crippen molar-refractivity contribution in [1.82, 2.24) is 5.32 Å².